The summed E-state index contributed by atoms with van der Waals surface area (Å²) < 4.78 is 64.6. The van der Waals surface area contributed by atoms with Crippen molar-refractivity contribution in [1.29, 1.82) is 0 Å². The van der Waals surface area contributed by atoms with E-state index in [-0.39, 0.29) is 18.7 Å². The van der Waals surface area contributed by atoms with E-state index in [4.69, 9.17) is 0 Å². The van der Waals surface area contributed by atoms with Crippen LogP contribution < -0.4 is 5.32 Å². The van der Waals surface area contributed by atoms with Crippen molar-refractivity contribution >= 4 is 0 Å². The maximum absolute atomic E-state index is 13.3. The summed E-state index contributed by atoms with van der Waals surface area (Å²) in [4.78, 5) is 0. The second-order valence-electron chi connectivity index (χ2n) is 4.21. The third-order valence-corrected chi connectivity index (χ3v) is 2.72. The molecule has 106 valence electrons. The lowest BCUT2D eigenvalue weighted by Gasteiger charge is -2.07. The van der Waals surface area contributed by atoms with Gasteiger partial charge in [-0.2, -0.15) is 0 Å². The Bertz CT molecular complexity index is 627. The first kappa shape index (κ1) is 14.5. The molecule has 0 heterocycles. The van der Waals surface area contributed by atoms with Crippen LogP contribution in [-0.2, 0) is 13.1 Å². The summed E-state index contributed by atoms with van der Waals surface area (Å²) >= 11 is 0. The zero-order valence-electron chi connectivity index (χ0n) is 10.2. The number of benzene rings is 2. The third-order valence-electron chi connectivity index (χ3n) is 2.72. The van der Waals surface area contributed by atoms with Crippen LogP contribution in [0.5, 0.6) is 0 Å². The van der Waals surface area contributed by atoms with E-state index in [0.717, 1.165) is 18.2 Å². The number of rotatable bonds is 4. The van der Waals surface area contributed by atoms with Crippen LogP contribution in [0.3, 0.4) is 0 Å². The summed E-state index contributed by atoms with van der Waals surface area (Å²) in [7, 11) is 0. The summed E-state index contributed by atoms with van der Waals surface area (Å²) in [5.41, 5.74) is 0.401. The van der Waals surface area contributed by atoms with Gasteiger partial charge in [-0.1, -0.05) is 6.07 Å². The van der Waals surface area contributed by atoms with Gasteiger partial charge in [0.2, 0.25) is 0 Å². The first-order chi connectivity index (χ1) is 9.47. The Hall–Kier alpha value is -1.95. The molecule has 2 rings (SSSR count). The number of hydrogen-bond donors (Lipinski definition) is 1. The Labute approximate surface area is 112 Å². The van der Waals surface area contributed by atoms with E-state index >= 15 is 0 Å². The highest BCUT2D eigenvalue weighted by Crippen LogP contribution is 2.14. The molecule has 0 radical (unpaired) electrons. The molecule has 20 heavy (non-hydrogen) atoms. The minimum atomic E-state index is -1.26. The summed E-state index contributed by atoms with van der Waals surface area (Å²) in [6.45, 7) is 0.0671. The molecule has 0 saturated heterocycles. The molecule has 6 heteroatoms. The topological polar surface area (TPSA) is 12.0 Å². The molecule has 0 atom stereocenters. The van der Waals surface area contributed by atoms with Gasteiger partial charge in [0.15, 0.2) is 23.3 Å². The lowest BCUT2D eigenvalue weighted by atomic mass is 10.1. The van der Waals surface area contributed by atoms with E-state index in [0.29, 0.717) is 11.6 Å². The fourth-order valence-corrected chi connectivity index (χ4v) is 1.69. The van der Waals surface area contributed by atoms with Crippen LogP contribution in [0.1, 0.15) is 11.1 Å². The average Bonchev–Trinajstić information content (AvgIpc) is 2.39. The van der Waals surface area contributed by atoms with E-state index in [2.05, 4.69) is 5.32 Å². The van der Waals surface area contributed by atoms with Crippen molar-refractivity contribution in [3.63, 3.8) is 0 Å². The fraction of sp³-hybridized carbons (Fsp3) is 0.143. The summed E-state index contributed by atoms with van der Waals surface area (Å²) in [6.07, 6.45) is 0. The minimum absolute atomic E-state index is 0.0496. The van der Waals surface area contributed by atoms with Crippen LogP contribution >= 0.6 is 0 Å². The van der Waals surface area contributed by atoms with Gasteiger partial charge >= 0.3 is 0 Å². The molecule has 0 unspecified atom stereocenters. The highest BCUT2D eigenvalue weighted by molar-refractivity contribution is 5.21. The van der Waals surface area contributed by atoms with Crippen LogP contribution in [0.4, 0.5) is 22.0 Å². The van der Waals surface area contributed by atoms with E-state index < -0.39 is 29.1 Å². The van der Waals surface area contributed by atoms with Crippen LogP contribution in [-0.4, -0.2) is 0 Å². The lowest BCUT2D eigenvalue weighted by molar-refractivity contribution is 0.486. The largest absolute Gasteiger partial charge is 0.309 e. The van der Waals surface area contributed by atoms with Gasteiger partial charge in [0.1, 0.15) is 5.82 Å². The number of halogens is 5. The van der Waals surface area contributed by atoms with Crippen molar-refractivity contribution < 1.29 is 22.0 Å². The highest BCUT2D eigenvalue weighted by atomic mass is 19.2. The van der Waals surface area contributed by atoms with Gasteiger partial charge in [-0.25, -0.2) is 22.0 Å². The van der Waals surface area contributed by atoms with E-state index in [1.165, 1.54) is 6.07 Å². The molecule has 0 bridgehead atoms. The molecule has 1 nitrogen and oxygen atoms in total. The van der Waals surface area contributed by atoms with Crippen molar-refractivity contribution in [3.8, 4) is 0 Å². The molecular weight excluding hydrogens is 277 g/mol. The predicted octanol–water partition coefficient (Wildman–Crippen LogP) is 3.67. The highest BCUT2D eigenvalue weighted by Gasteiger charge is 2.09. The zero-order valence-corrected chi connectivity index (χ0v) is 10.2. The van der Waals surface area contributed by atoms with Crippen molar-refractivity contribution in [1.82, 2.24) is 5.32 Å². The maximum atomic E-state index is 13.3. The summed E-state index contributed by atoms with van der Waals surface area (Å²) in [6, 6.07) is 4.56. The Morgan fingerprint density at radius 3 is 2.00 bits per heavy atom. The smallest absolute Gasteiger partial charge is 0.161 e. The Balaban J connectivity index is 1.99. The number of hydrogen-bond acceptors (Lipinski definition) is 1. The number of nitrogens with one attached hydrogen (secondary N) is 1. The van der Waals surface area contributed by atoms with Crippen LogP contribution in [0, 0.1) is 29.1 Å². The van der Waals surface area contributed by atoms with Gasteiger partial charge in [-0.15, -0.1) is 0 Å². The van der Waals surface area contributed by atoms with Gasteiger partial charge < -0.3 is 5.32 Å². The fourth-order valence-electron chi connectivity index (χ4n) is 1.69. The molecule has 2 aromatic rings. The molecule has 0 fully saturated rings. The average molecular weight is 287 g/mol. The van der Waals surface area contributed by atoms with Crippen LogP contribution in [0.25, 0.3) is 0 Å². The second-order valence-corrected chi connectivity index (χ2v) is 4.21. The van der Waals surface area contributed by atoms with Crippen LogP contribution in [0.2, 0.25) is 0 Å². The van der Waals surface area contributed by atoms with Gasteiger partial charge in [-0.05, 0) is 23.8 Å². The van der Waals surface area contributed by atoms with Gasteiger partial charge in [0.05, 0.1) is 0 Å². The molecular formula is C14H10F5N. The quantitative estimate of drug-likeness (QED) is 0.668. The van der Waals surface area contributed by atoms with Crippen molar-refractivity contribution in [2.24, 2.45) is 0 Å². The van der Waals surface area contributed by atoms with E-state index in [1.54, 1.807) is 0 Å². The minimum Gasteiger partial charge on any atom is -0.309 e. The molecule has 0 saturated carbocycles. The van der Waals surface area contributed by atoms with Crippen LogP contribution in [0.15, 0.2) is 30.3 Å². The molecule has 1 N–H and O–H groups in total. The predicted molar refractivity (Wildman–Crippen MR) is 63.2 cm³/mol. The first-order valence-electron chi connectivity index (χ1n) is 5.75. The normalized spacial score (nSPS) is 10.8. The molecule has 0 amide bonds. The van der Waals surface area contributed by atoms with Crippen molar-refractivity contribution in [3.05, 3.63) is 70.5 Å². The lowest BCUT2D eigenvalue weighted by Crippen LogP contribution is -2.14. The second kappa shape index (κ2) is 6.00. The van der Waals surface area contributed by atoms with Gasteiger partial charge in [0.25, 0.3) is 0 Å². The Morgan fingerprint density at radius 2 is 1.30 bits per heavy atom. The Kier molecular flexibility index (Phi) is 4.34. The molecule has 0 aliphatic carbocycles. The standard InChI is InChI=1S/C14H10F5N/c15-10-2-1-8(3-12(10)17)6-20-7-9-4-13(18)14(19)5-11(9)16/h1-5,20H,6-7H2. The van der Waals surface area contributed by atoms with Crippen molar-refractivity contribution in [2.45, 2.75) is 13.1 Å². The SMILES string of the molecule is Fc1ccc(CNCc2cc(F)c(F)cc2F)cc1F. The third kappa shape index (κ3) is 3.33. The first-order valence-corrected chi connectivity index (χ1v) is 5.75. The van der Waals surface area contributed by atoms with Crippen molar-refractivity contribution in [2.75, 3.05) is 0 Å². The zero-order chi connectivity index (χ0) is 14.7. The molecule has 0 spiro atoms. The van der Waals surface area contributed by atoms with E-state index in [9.17, 15) is 22.0 Å². The van der Waals surface area contributed by atoms with E-state index in [1.807, 2.05) is 0 Å². The summed E-state index contributed by atoms with van der Waals surface area (Å²) in [5, 5.41) is 2.73. The van der Waals surface area contributed by atoms with Gasteiger partial charge in [-0.3, -0.25) is 0 Å². The maximum Gasteiger partial charge on any atom is 0.161 e. The van der Waals surface area contributed by atoms with Gasteiger partial charge in [0, 0.05) is 24.7 Å². The Morgan fingerprint density at radius 1 is 0.650 bits per heavy atom. The molecule has 2 aromatic carbocycles. The molecule has 0 aliphatic heterocycles. The molecule has 0 aliphatic rings. The summed E-state index contributed by atoms with van der Waals surface area (Å²) in [5.74, 6) is -5.21. The monoisotopic (exact) mass is 287 g/mol. The molecule has 0 aromatic heterocycles.